The summed E-state index contributed by atoms with van der Waals surface area (Å²) in [5.41, 5.74) is 1.77. The Morgan fingerprint density at radius 2 is 1.93 bits per heavy atom. The maximum atomic E-state index is 12.5. The van der Waals surface area contributed by atoms with E-state index in [4.69, 9.17) is 9.47 Å². The lowest BCUT2D eigenvalue weighted by atomic mass is 10.0. The van der Waals surface area contributed by atoms with E-state index < -0.39 is 0 Å². The first-order chi connectivity index (χ1) is 13.2. The fourth-order valence-electron chi connectivity index (χ4n) is 3.28. The monoisotopic (exact) mass is 367 g/mol. The summed E-state index contributed by atoms with van der Waals surface area (Å²) in [5, 5.41) is 0. The average Bonchev–Trinajstić information content (AvgIpc) is 2.72. The van der Waals surface area contributed by atoms with E-state index in [1.807, 2.05) is 47.4 Å². The number of ether oxygens (including phenoxy) is 2. The van der Waals surface area contributed by atoms with Gasteiger partial charge < -0.3 is 14.4 Å². The highest BCUT2D eigenvalue weighted by molar-refractivity contribution is 5.97. The molecule has 1 fully saturated rings. The Balaban J connectivity index is 1.51. The van der Waals surface area contributed by atoms with Crippen molar-refractivity contribution >= 4 is 11.7 Å². The van der Waals surface area contributed by atoms with Crippen molar-refractivity contribution in [1.82, 2.24) is 4.90 Å². The topological polar surface area (TPSA) is 55.8 Å². The minimum atomic E-state index is -0.0420. The number of amides is 1. The molecule has 0 aromatic heterocycles. The Kier molecular flexibility index (Phi) is 6.60. The fraction of sp³-hybridized carbons (Fsp3) is 0.364. The zero-order valence-corrected chi connectivity index (χ0v) is 15.6. The highest BCUT2D eigenvalue weighted by Gasteiger charge is 2.24. The Morgan fingerprint density at radius 1 is 1.11 bits per heavy atom. The average molecular weight is 367 g/mol. The number of methoxy groups -OCH3 is 1. The normalized spacial score (nSPS) is 16.8. The van der Waals surface area contributed by atoms with Crippen LogP contribution in [-0.4, -0.2) is 49.5 Å². The van der Waals surface area contributed by atoms with E-state index in [0.717, 1.165) is 17.7 Å². The number of rotatable bonds is 7. The Labute approximate surface area is 159 Å². The van der Waals surface area contributed by atoms with Gasteiger partial charge >= 0.3 is 0 Å². The summed E-state index contributed by atoms with van der Waals surface area (Å²) in [6, 6.07) is 17.0. The van der Waals surface area contributed by atoms with Gasteiger partial charge in [-0.15, -0.1) is 0 Å². The molecule has 1 aliphatic heterocycles. The van der Waals surface area contributed by atoms with E-state index in [9.17, 15) is 9.59 Å². The van der Waals surface area contributed by atoms with Crippen LogP contribution in [0.2, 0.25) is 0 Å². The van der Waals surface area contributed by atoms with Crippen molar-refractivity contribution in [1.29, 1.82) is 0 Å². The number of hydrogen-bond donors (Lipinski definition) is 0. The molecule has 1 amide bonds. The summed E-state index contributed by atoms with van der Waals surface area (Å²) in [5.74, 6) is 0.832. The zero-order valence-electron chi connectivity index (χ0n) is 15.6. The predicted octanol–water partition coefficient (Wildman–Crippen LogP) is 3.13. The molecule has 0 aliphatic carbocycles. The van der Waals surface area contributed by atoms with Crippen molar-refractivity contribution in [3.05, 3.63) is 65.7 Å². The molecule has 1 heterocycles. The van der Waals surface area contributed by atoms with Crippen LogP contribution in [0, 0.1) is 0 Å². The van der Waals surface area contributed by atoms with Crippen molar-refractivity contribution < 1.29 is 19.1 Å². The first-order valence-corrected chi connectivity index (χ1v) is 9.26. The minimum Gasteiger partial charge on any atom is -0.497 e. The number of Topliss-reactive ketones (excluding diaryl/α,β-unsaturated/α-hetero) is 1. The lowest BCUT2D eigenvalue weighted by Crippen LogP contribution is -2.46. The van der Waals surface area contributed by atoms with Crippen molar-refractivity contribution in [2.45, 2.75) is 25.4 Å². The maximum Gasteiger partial charge on any atom is 0.223 e. The Morgan fingerprint density at radius 3 is 2.70 bits per heavy atom. The summed E-state index contributed by atoms with van der Waals surface area (Å²) in [4.78, 5) is 26.5. The van der Waals surface area contributed by atoms with Crippen LogP contribution in [0.1, 0.15) is 28.8 Å². The molecule has 1 atom stereocenters. The van der Waals surface area contributed by atoms with E-state index in [-0.39, 0.29) is 30.6 Å². The van der Waals surface area contributed by atoms with Crippen molar-refractivity contribution in [3.63, 3.8) is 0 Å². The molecule has 0 spiro atoms. The molecule has 27 heavy (non-hydrogen) atoms. The lowest BCUT2D eigenvalue weighted by Gasteiger charge is -2.33. The molecule has 5 nitrogen and oxygen atoms in total. The molecule has 142 valence electrons. The van der Waals surface area contributed by atoms with Crippen LogP contribution in [0.4, 0.5) is 0 Å². The number of hydrogen-bond acceptors (Lipinski definition) is 4. The number of nitrogens with zero attached hydrogens (tertiary/aromatic N) is 1. The van der Waals surface area contributed by atoms with Gasteiger partial charge in [0, 0.05) is 37.9 Å². The van der Waals surface area contributed by atoms with Gasteiger partial charge in [0.25, 0.3) is 0 Å². The molecule has 0 radical (unpaired) electrons. The summed E-state index contributed by atoms with van der Waals surface area (Å²) in [6.45, 7) is 1.65. The second kappa shape index (κ2) is 9.33. The van der Waals surface area contributed by atoms with Crippen LogP contribution in [0.25, 0.3) is 0 Å². The maximum absolute atomic E-state index is 12.5. The fourth-order valence-corrected chi connectivity index (χ4v) is 3.28. The molecular weight excluding hydrogens is 342 g/mol. The van der Waals surface area contributed by atoms with Crippen molar-refractivity contribution in [3.8, 4) is 5.75 Å². The summed E-state index contributed by atoms with van der Waals surface area (Å²) in [6.07, 6.45) is 1.16. The van der Waals surface area contributed by atoms with Crippen LogP contribution in [0.5, 0.6) is 5.75 Å². The van der Waals surface area contributed by atoms with E-state index in [1.54, 1.807) is 19.2 Å². The van der Waals surface area contributed by atoms with Crippen LogP contribution in [0.15, 0.2) is 54.6 Å². The van der Waals surface area contributed by atoms with Crippen LogP contribution < -0.4 is 4.74 Å². The number of benzene rings is 2. The second-order valence-corrected chi connectivity index (χ2v) is 6.68. The Bertz CT molecular complexity index is 775. The van der Waals surface area contributed by atoms with Gasteiger partial charge in [-0.3, -0.25) is 9.59 Å². The molecule has 3 rings (SSSR count). The molecule has 2 aromatic carbocycles. The standard InChI is InChI=1S/C22H25NO4/c1-26-19-9-5-6-17(14-19)15-20-16-23(12-13-27-20)22(25)11-10-21(24)18-7-3-2-4-8-18/h2-9,14,20H,10-13,15-16H2,1H3/t20-/m1/s1. The number of ketones is 1. The van der Waals surface area contributed by atoms with E-state index in [2.05, 4.69) is 0 Å². The van der Waals surface area contributed by atoms with Gasteiger partial charge in [0.2, 0.25) is 5.91 Å². The number of morpholine rings is 1. The third kappa shape index (κ3) is 5.41. The molecule has 5 heteroatoms. The number of carbonyl (C=O) groups is 2. The summed E-state index contributed by atoms with van der Waals surface area (Å²) in [7, 11) is 1.65. The molecule has 1 saturated heterocycles. The highest BCUT2D eigenvalue weighted by atomic mass is 16.5. The first-order valence-electron chi connectivity index (χ1n) is 9.26. The second-order valence-electron chi connectivity index (χ2n) is 6.68. The van der Waals surface area contributed by atoms with Crippen LogP contribution in [0.3, 0.4) is 0 Å². The quantitative estimate of drug-likeness (QED) is 0.706. The van der Waals surface area contributed by atoms with Crippen molar-refractivity contribution in [2.24, 2.45) is 0 Å². The third-order valence-corrected chi connectivity index (χ3v) is 4.75. The van der Waals surface area contributed by atoms with Gasteiger partial charge in [-0.2, -0.15) is 0 Å². The lowest BCUT2D eigenvalue weighted by molar-refractivity contribution is -0.138. The third-order valence-electron chi connectivity index (χ3n) is 4.75. The molecule has 0 bridgehead atoms. The van der Waals surface area contributed by atoms with Gasteiger partial charge in [-0.05, 0) is 17.7 Å². The van der Waals surface area contributed by atoms with E-state index in [1.165, 1.54) is 0 Å². The molecule has 0 saturated carbocycles. The summed E-state index contributed by atoms with van der Waals surface area (Å²) < 4.78 is 11.1. The first kappa shape index (κ1) is 19.1. The van der Waals surface area contributed by atoms with E-state index in [0.29, 0.717) is 25.3 Å². The highest BCUT2D eigenvalue weighted by Crippen LogP contribution is 2.18. The summed E-state index contributed by atoms with van der Waals surface area (Å²) >= 11 is 0. The van der Waals surface area contributed by atoms with Crippen molar-refractivity contribution in [2.75, 3.05) is 26.8 Å². The van der Waals surface area contributed by atoms with Gasteiger partial charge in [-0.25, -0.2) is 0 Å². The molecule has 2 aromatic rings. The van der Waals surface area contributed by atoms with Crippen LogP contribution >= 0.6 is 0 Å². The van der Waals surface area contributed by atoms with Crippen LogP contribution in [-0.2, 0) is 16.0 Å². The molecule has 0 N–H and O–H groups in total. The molecular formula is C22H25NO4. The zero-order chi connectivity index (χ0) is 19.1. The van der Waals surface area contributed by atoms with Gasteiger partial charge in [0.05, 0.1) is 19.8 Å². The van der Waals surface area contributed by atoms with Gasteiger partial charge in [0.1, 0.15) is 5.75 Å². The smallest absolute Gasteiger partial charge is 0.223 e. The van der Waals surface area contributed by atoms with E-state index >= 15 is 0 Å². The Hall–Kier alpha value is -2.66. The number of carbonyl (C=O) groups excluding carboxylic acids is 2. The molecule has 1 aliphatic rings. The predicted molar refractivity (Wildman–Crippen MR) is 103 cm³/mol. The largest absolute Gasteiger partial charge is 0.497 e. The van der Waals surface area contributed by atoms with Gasteiger partial charge in [-0.1, -0.05) is 42.5 Å². The SMILES string of the molecule is COc1cccc(C[C@@H]2CN(C(=O)CCC(=O)c3ccccc3)CCO2)c1. The molecule has 0 unspecified atom stereocenters. The minimum absolute atomic E-state index is 0.00476. The van der Waals surface area contributed by atoms with Gasteiger partial charge in [0.15, 0.2) is 5.78 Å².